The summed E-state index contributed by atoms with van der Waals surface area (Å²) in [5.41, 5.74) is 7.57. The molecule has 0 aromatic heterocycles. The molecule has 2 aliphatic heterocycles. The molecule has 3 aliphatic rings. The molecule has 2 heterocycles. The third-order valence-corrected chi connectivity index (χ3v) is 7.25. The van der Waals surface area contributed by atoms with Crippen LogP contribution in [0.15, 0.2) is 41.9 Å². The lowest BCUT2D eigenvalue weighted by molar-refractivity contribution is -0.129. The number of thioether (sulfide) groups is 1. The van der Waals surface area contributed by atoms with Crippen LogP contribution in [0.3, 0.4) is 0 Å². The summed E-state index contributed by atoms with van der Waals surface area (Å²) < 4.78 is 0. The van der Waals surface area contributed by atoms with Crippen molar-refractivity contribution >= 4 is 23.4 Å². The van der Waals surface area contributed by atoms with Crippen LogP contribution in [0.1, 0.15) is 32.1 Å². The maximum Gasteiger partial charge on any atom is 0.244 e. The average molecular weight is 401 g/mol. The predicted molar refractivity (Wildman–Crippen MR) is 117 cm³/mol. The molecule has 0 bridgehead atoms. The third-order valence-electron chi connectivity index (χ3n) is 6.51. The van der Waals surface area contributed by atoms with E-state index in [4.69, 9.17) is 5.73 Å². The molecule has 1 saturated carbocycles. The minimum absolute atomic E-state index is 0.0837. The van der Waals surface area contributed by atoms with Gasteiger partial charge in [0.05, 0.1) is 11.9 Å². The lowest BCUT2D eigenvalue weighted by atomic mass is 9.81. The number of hydrogen-bond acceptors (Lipinski definition) is 5. The smallest absolute Gasteiger partial charge is 0.244 e. The van der Waals surface area contributed by atoms with E-state index in [1.807, 2.05) is 11.6 Å². The van der Waals surface area contributed by atoms with Gasteiger partial charge in [-0.1, -0.05) is 18.2 Å². The van der Waals surface area contributed by atoms with E-state index >= 15 is 0 Å². The van der Waals surface area contributed by atoms with Crippen LogP contribution in [0, 0.1) is 5.92 Å². The zero-order valence-electron chi connectivity index (χ0n) is 16.6. The van der Waals surface area contributed by atoms with Gasteiger partial charge in [-0.15, -0.1) is 11.8 Å². The Morgan fingerprint density at radius 2 is 1.79 bits per heavy atom. The molecule has 1 unspecified atom stereocenters. The molecule has 28 heavy (non-hydrogen) atoms. The van der Waals surface area contributed by atoms with Gasteiger partial charge in [-0.25, -0.2) is 0 Å². The quantitative estimate of drug-likeness (QED) is 0.823. The van der Waals surface area contributed by atoms with Crippen LogP contribution >= 0.6 is 11.8 Å². The van der Waals surface area contributed by atoms with Crippen LogP contribution in [0.5, 0.6) is 0 Å². The molecule has 5 nitrogen and oxygen atoms in total. The second-order valence-electron chi connectivity index (χ2n) is 8.26. The maximum absolute atomic E-state index is 12.4. The van der Waals surface area contributed by atoms with Crippen molar-refractivity contribution < 1.29 is 4.79 Å². The van der Waals surface area contributed by atoms with Gasteiger partial charge in [-0.05, 0) is 55.6 Å². The zero-order valence-corrected chi connectivity index (χ0v) is 17.4. The Morgan fingerprint density at radius 3 is 2.43 bits per heavy atom. The van der Waals surface area contributed by atoms with Crippen LogP contribution < -0.4 is 10.6 Å². The molecule has 0 spiro atoms. The second-order valence-corrected chi connectivity index (χ2v) is 9.13. The Labute approximate surface area is 172 Å². The number of anilines is 1. The van der Waals surface area contributed by atoms with Gasteiger partial charge in [0, 0.05) is 44.1 Å². The number of nitrogens with two attached hydrogens (primary N) is 1. The van der Waals surface area contributed by atoms with Gasteiger partial charge in [-0.2, -0.15) is 0 Å². The average Bonchev–Trinajstić information content (AvgIpc) is 3.29. The molecule has 1 atom stereocenters. The number of piperazine rings is 1. The largest absolute Gasteiger partial charge is 0.369 e. The number of nitrogens with zero attached hydrogens (tertiary/aromatic N) is 3. The van der Waals surface area contributed by atoms with Crippen molar-refractivity contribution in [2.75, 3.05) is 37.0 Å². The van der Waals surface area contributed by atoms with Crippen molar-refractivity contribution in [2.45, 2.75) is 44.2 Å². The van der Waals surface area contributed by atoms with E-state index in [-0.39, 0.29) is 11.9 Å². The van der Waals surface area contributed by atoms with E-state index in [9.17, 15) is 4.79 Å². The number of carbonyl (C=O) groups excluding carboxylic acids is 1. The first-order chi connectivity index (χ1) is 13.7. The Kier molecular flexibility index (Phi) is 6.60. The fourth-order valence-electron chi connectivity index (χ4n) is 4.82. The highest BCUT2D eigenvalue weighted by atomic mass is 32.2. The van der Waals surface area contributed by atoms with Gasteiger partial charge >= 0.3 is 0 Å². The number of rotatable bonds is 5. The van der Waals surface area contributed by atoms with Crippen LogP contribution in [-0.2, 0) is 4.79 Å². The molecule has 6 heteroatoms. The van der Waals surface area contributed by atoms with E-state index in [1.54, 1.807) is 16.7 Å². The Balaban J connectivity index is 1.19. The number of para-hydroxylation sites is 1. The summed E-state index contributed by atoms with van der Waals surface area (Å²) in [6.45, 7) is 4.54. The third kappa shape index (κ3) is 4.73. The van der Waals surface area contributed by atoms with E-state index in [0.717, 1.165) is 32.6 Å². The molecule has 2 fully saturated rings. The van der Waals surface area contributed by atoms with E-state index in [1.165, 1.54) is 31.4 Å². The van der Waals surface area contributed by atoms with E-state index in [0.29, 0.717) is 17.8 Å². The topological polar surface area (TPSA) is 52.8 Å². The van der Waals surface area contributed by atoms with Crippen molar-refractivity contribution in [1.82, 2.24) is 9.80 Å². The molecular formula is C22H32N4OS. The maximum atomic E-state index is 12.4. The van der Waals surface area contributed by atoms with Crippen molar-refractivity contribution in [3.8, 4) is 0 Å². The summed E-state index contributed by atoms with van der Waals surface area (Å²) in [6, 6.07) is 11.1. The molecule has 2 N–H and O–H groups in total. The Hall–Kier alpha value is -1.50. The van der Waals surface area contributed by atoms with Gasteiger partial charge < -0.3 is 15.5 Å². The van der Waals surface area contributed by atoms with Crippen molar-refractivity contribution in [3.05, 3.63) is 41.9 Å². The first-order valence-electron chi connectivity index (χ1n) is 10.6. The monoisotopic (exact) mass is 400 g/mol. The number of benzene rings is 1. The number of hydrogen-bond donors (Lipinski definition) is 1. The van der Waals surface area contributed by atoms with Crippen molar-refractivity contribution in [1.29, 1.82) is 0 Å². The lowest BCUT2D eigenvalue weighted by Crippen LogP contribution is -2.51. The SMILES string of the molecule is NC(CC1CCC(N2CCN(c3ccccc3)CC2)CC1)C(=O)N1C=CSC1. The standard InChI is InChI=1S/C22H32N4OS/c23-21(22(27)26-14-15-28-17-26)16-18-6-8-20(9-7-18)25-12-10-24(11-13-25)19-4-2-1-3-5-19/h1-5,14-15,18,20-21H,6-13,16-17,23H2. The minimum atomic E-state index is -0.348. The molecule has 1 aromatic rings. The Bertz CT molecular complexity index is 666. The normalized spacial score (nSPS) is 27.2. The molecular weight excluding hydrogens is 368 g/mol. The van der Waals surface area contributed by atoms with Gasteiger partial charge in [0.15, 0.2) is 0 Å². The minimum Gasteiger partial charge on any atom is -0.369 e. The molecule has 1 aliphatic carbocycles. The summed E-state index contributed by atoms with van der Waals surface area (Å²) in [4.78, 5) is 19.3. The summed E-state index contributed by atoms with van der Waals surface area (Å²) >= 11 is 1.65. The zero-order chi connectivity index (χ0) is 19.3. The fraction of sp³-hybridized carbons (Fsp3) is 0.591. The van der Waals surface area contributed by atoms with E-state index in [2.05, 4.69) is 40.1 Å². The second kappa shape index (κ2) is 9.33. The van der Waals surface area contributed by atoms with Crippen LogP contribution in [-0.4, -0.2) is 59.8 Å². The number of carbonyl (C=O) groups is 1. The van der Waals surface area contributed by atoms with Crippen molar-refractivity contribution in [2.24, 2.45) is 11.7 Å². The summed E-state index contributed by atoms with van der Waals surface area (Å²) in [5.74, 6) is 1.40. The first kappa shape index (κ1) is 19.8. The van der Waals surface area contributed by atoms with Gasteiger partial charge in [0.1, 0.15) is 0 Å². The first-order valence-corrected chi connectivity index (χ1v) is 11.6. The van der Waals surface area contributed by atoms with Crippen molar-refractivity contribution in [3.63, 3.8) is 0 Å². The van der Waals surface area contributed by atoms with Crippen LogP contribution in [0.25, 0.3) is 0 Å². The molecule has 152 valence electrons. The number of amides is 1. The lowest BCUT2D eigenvalue weighted by Gasteiger charge is -2.43. The molecule has 4 rings (SSSR count). The molecule has 0 radical (unpaired) electrons. The van der Waals surface area contributed by atoms with Gasteiger partial charge in [0.25, 0.3) is 0 Å². The summed E-state index contributed by atoms with van der Waals surface area (Å²) in [5, 5.41) is 1.97. The molecule has 1 aromatic carbocycles. The highest BCUT2D eigenvalue weighted by Gasteiger charge is 2.31. The van der Waals surface area contributed by atoms with Gasteiger partial charge in [-0.3, -0.25) is 9.69 Å². The van der Waals surface area contributed by atoms with Gasteiger partial charge in [0.2, 0.25) is 5.91 Å². The predicted octanol–water partition coefficient (Wildman–Crippen LogP) is 3.09. The fourth-order valence-corrected chi connectivity index (χ4v) is 5.52. The summed E-state index contributed by atoms with van der Waals surface area (Å²) in [6.07, 6.45) is 7.60. The van der Waals surface area contributed by atoms with E-state index < -0.39 is 0 Å². The molecule has 1 saturated heterocycles. The molecule has 1 amide bonds. The summed E-state index contributed by atoms with van der Waals surface area (Å²) in [7, 11) is 0. The Morgan fingerprint density at radius 1 is 1.07 bits per heavy atom. The van der Waals surface area contributed by atoms with Crippen LogP contribution in [0.2, 0.25) is 0 Å². The highest BCUT2D eigenvalue weighted by Crippen LogP contribution is 2.31. The van der Waals surface area contributed by atoms with Crippen LogP contribution in [0.4, 0.5) is 5.69 Å². The highest BCUT2D eigenvalue weighted by molar-refractivity contribution is 8.02.